The van der Waals surface area contributed by atoms with Gasteiger partial charge in [0, 0.05) is 31.0 Å². The summed E-state index contributed by atoms with van der Waals surface area (Å²) in [4.78, 5) is 20.2. The van der Waals surface area contributed by atoms with Crippen molar-refractivity contribution in [1.82, 2.24) is 19.8 Å². The molecule has 1 aliphatic carbocycles. The number of piperidine rings is 1. The highest BCUT2D eigenvalue weighted by molar-refractivity contribution is 5.86. The van der Waals surface area contributed by atoms with Gasteiger partial charge in [-0.2, -0.15) is 0 Å². The molecule has 0 bridgehead atoms. The van der Waals surface area contributed by atoms with Crippen LogP contribution in [0.15, 0.2) is 36.7 Å². The molecule has 1 spiro atoms. The third kappa shape index (κ3) is 2.83. The number of nitrogens with one attached hydrogen (secondary N) is 1. The van der Waals surface area contributed by atoms with Crippen LogP contribution in [-0.4, -0.2) is 46.1 Å². The first-order chi connectivity index (χ1) is 13.2. The lowest BCUT2D eigenvalue weighted by Gasteiger charge is -2.31. The zero-order valence-corrected chi connectivity index (χ0v) is 15.7. The highest BCUT2D eigenvalue weighted by Gasteiger charge is 2.58. The molecule has 0 radical (unpaired) electrons. The lowest BCUT2D eigenvalue weighted by atomic mass is 9.93. The minimum atomic E-state index is -0.208. The van der Waals surface area contributed by atoms with Crippen molar-refractivity contribution in [2.75, 3.05) is 19.7 Å². The van der Waals surface area contributed by atoms with Crippen molar-refractivity contribution in [3.05, 3.63) is 48.0 Å². The summed E-state index contributed by atoms with van der Waals surface area (Å²) in [5, 5.41) is 3.45. The zero-order valence-electron chi connectivity index (χ0n) is 15.7. The maximum Gasteiger partial charge on any atom is 0.234 e. The molecule has 1 saturated carbocycles. The predicted molar refractivity (Wildman–Crippen MR) is 101 cm³/mol. The van der Waals surface area contributed by atoms with Crippen molar-refractivity contribution in [3.8, 4) is 5.75 Å². The van der Waals surface area contributed by atoms with Gasteiger partial charge in [0.25, 0.3) is 0 Å². The van der Waals surface area contributed by atoms with E-state index in [9.17, 15) is 4.79 Å². The molecular weight excluding hydrogens is 340 g/mol. The van der Waals surface area contributed by atoms with Crippen molar-refractivity contribution in [3.63, 3.8) is 0 Å². The molecule has 1 aromatic heterocycles. The third-order valence-electron chi connectivity index (χ3n) is 6.64. The molecular formula is C21H26N4O2. The number of hydrogen-bond acceptors (Lipinski definition) is 4. The number of benzene rings is 1. The monoisotopic (exact) mass is 366 g/mol. The van der Waals surface area contributed by atoms with Crippen LogP contribution in [-0.2, 0) is 18.4 Å². The number of carbonyl (C=O) groups excluding carboxylic acids is 1. The molecule has 142 valence electrons. The molecule has 1 saturated heterocycles. The Balaban J connectivity index is 1.43. The Labute approximate surface area is 159 Å². The van der Waals surface area contributed by atoms with Gasteiger partial charge in [-0.05, 0) is 43.8 Å². The minimum Gasteiger partial charge on any atom is -0.492 e. The normalized spacial score (nSPS) is 25.1. The number of rotatable bonds is 4. The number of aromatic nitrogens is 2. The quantitative estimate of drug-likeness (QED) is 0.900. The number of amides is 1. The number of carbonyl (C=O) groups is 1. The van der Waals surface area contributed by atoms with Gasteiger partial charge in [0.15, 0.2) is 0 Å². The minimum absolute atomic E-state index is 0.184. The number of para-hydroxylation sites is 1. The Morgan fingerprint density at radius 3 is 2.96 bits per heavy atom. The van der Waals surface area contributed by atoms with Crippen LogP contribution in [0.3, 0.4) is 0 Å². The maximum absolute atomic E-state index is 13.6. The molecule has 1 aromatic carbocycles. The van der Waals surface area contributed by atoms with E-state index in [1.54, 1.807) is 6.20 Å². The SMILES string of the molecule is Cn1ccnc1CN(C(=O)[C@@H]1COc2ccccc21)[C@H]1CC12CCNCC2. The Hall–Kier alpha value is -2.34. The number of fused-ring (bicyclic) bond motifs is 1. The summed E-state index contributed by atoms with van der Waals surface area (Å²) in [6, 6.07) is 8.25. The van der Waals surface area contributed by atoms with Gasteiger partial charge in [-0.25, -0.2) is 4.98 Å². The van der Waals surface area contributed by atoms with Gasteiger partial charge in [-0.1, -0.05) is 18.2 Å². The molecule has 3 aliphatic rings. The van der Waals surface area contributed by atoms with Crippen molar-refractivity contribution in [2.24, 2.45) is 12.5 Å². The lowest BCUT2D eigenvalue weighted by molar-refractivity contribution is -0.135. The van der Waals surface area contributed by atoms with Gasteiger partial charge in [0.2, 0.25) is 5.91 Å². The smallest absolute Gasteiger partial charge is 0.234 e. The number of imidazole rings is 1. The summed E-state index contributed by atoms with van der Waals surface area (Å²) in [6.45, 7) is 3.12. The number of nitrogens with zero attached hydrogens (tertiary/aromatic N) is 3. The molecule has 3 heterocycles. The van der Waals surface area contributed by atoms with E-state index >= 15 is 0 Å². The highest BCUT2D eigenvalue weighted by atomic mass is 16.5. The van der Waals surface area contributed by atoms with Gasteiger partial charge in [-0.3, -0.25) is 4.79 Å². The summed E-state index contributed by atoms with van der Waals surface area (Å²) in [7, 11) is 1.99. The summed E-state index contributed by atoms with van der Waals surface area (Å²) in [5.41, 5.74) is 1.32. The second-order valence-corrected chi connectivity index (χ2v) is 8.15. The van der Waals surface area contributed by atoms with E-state index in [0.717, 1.165) is 49.5 Å². The Bertz CT molecular complexity index is 855. The van der Waals surface area contributed by atoms with Crippen LogP contribution in [0.1, 0.15) is 36.6 Å². The second-order valence-electron chi connectivity index (χ2n) is 8.15. The van der Waals surface area contributed by atoms with Crippen LogP contribution in [0.4, 0.5) is 0 Å². The largest absolute Gasteiger partial charge is 0.492 e. The van der Waals surface area contributed by atoms with Crippen molar-refractivity contribution < 1.29 is 9.53 Å². The number of ether oxygens (including phenoxy) is 1. The first kappa shape index (κ1) is 16.8. The second kappa shape index (κ2) is 6.37. The van der Waals surface area contributed by atoms with Gasteiger partial charge >= 0.3 is 0 Å². The van der Waals surface area contributed by atoms with Crippen molar-refractivity contribution in [2.45, 2.75) is 37.8 Å². The average Bonchev–Trinajstić information content (AvgIpc) is 3.04. The fourth-order valence-corrected chi connectivity index (χ4v) is 4.84. The van der Waals surface area contributed by atoms with E-state index in [4.69, 9.17) is 4.74 Å². The summed E-state index contributed by atoms with van der Waals surface area (Å²) >= 11 is 0. The fraction of sp³-hybridized carbons (Fsp3) is 0.524. The molecule has 2 atom stereocenters. The molecule has 6 nitrogen and oxygen atoms in total. The fourth-order valence-electron chi connectivity index (χ4n) is 4.84. The predicted octanol–water partition coefficient (Wildman–Crippen LogP) is 2.07. The van der Waals surface area contributed by atoms with Crippen LogP contribution >= 0.6 is 0 Å². The molecule has 2 fully saturated rings. The van der Waals surface area contributed by atoms with Crippen LogP contribution in [0.2, 0.25) is 0 Å². The van der Waals surface area contributed by atoms with E-state index in [0.29, 0.717) is 24.6 Å². The first-order valence-corrected chi connectivity index (χ1v) is 9.87. The Morgan fingerprint density at radius 2 is 2.19 bits per heavy atom. The van der Waals surface area contributed by atoms with Crippen LogP contribution in [0, 0.1) is 5.41 Å². The molecule has 2 aromatic rings. The Kier molecular flexibility index (Phi) is 3.97. The zero-order chi connectivity index (χ0) is 18.4. The van der Waals surface area contributed by atoms with Gasteiger partial charge < -0.3 is 19.5 Å². The van der Waals surface area contributed by atoms with Gasteiger partial charge in [-0.15, -0.1) is 0 Å². The van der Waals surface area contributed by atoms with Gasteiger partial charge in [0.05, 0.1) is 6.54 Å². The first-order valence-electron chi connectivity index (χ1n) is 9.87. The molecule has 2 aliphatic heterocycles. The van der Waals surface area contributed by atoms with Gasteiger partial charge in [0.1, 0.15) is 24.1 Å². The summed E-state index contributed by atoms with van der Waals surface area (Å²) < 4.78 is 7.81. The topological polar surface area (TPSA) is 59.4 Å². The van der Waals surface area contributed by atoms with E-state index in [2.05, 4.69) is 15.2 Å². The molecule has 1 N–H and O–H groups in total. The molecule has 6 heteroatoms. The maximum atomic E-state index is 13.6. The number of aryl methyl sites for hydroxylation is 1. The van der Waals surface area contributed by atoms with E-state index < -0.39 is 0 Å². The Morgan fingerprint density at radius 1 is 1.37 bits per heavy atom. The van der Waals surface area contributed by atoms with E-state index in [1.165, 1.54) is 0 Å². The van der Waals surface area contributed by atoms with Crippen molar-refractivity contribution in [1.29, 1.82) is 0 Å². The average molecular weight is 366 g/mol. The molecule has 1 amide bonds. The highest BCUT2D eigenvalue weighted by Crippen LogP contribution is 2.56. The summed E-state index contributed by atoms with van der Waals surface area (Å²) in [6.07, 6.45) is 7.16. The summed E-state index contributed by atoms with van der Waals surface area (Å²) in [5.74, 6) is 1.76. The van der Waals surface area contributed by atoms with Crippen molar-refractivity contribution >= 4 is 5.91 Å². The van der Waals surface area contributed by atoms with E-state index in [1.807, 2.05) is 42.1 Å². The van der Waals surface area contributed by atoms with Crippen LogP contribution < -0.4 is 10.1 Å². The lowest BCUT2D eigenvalue weighted by Crippen LogP contribution is -2.42. The number of hydrogen-bond donors (Lipinski definition) is 1. The van der Waals surface area contributed by atoms with Crippen LogP contribution in [0.5, 0.6) is 5.75 Å². The molecule has 27 heavy (non-hydrogen) atoms. The third-order valence-corrected chi connectivity index (χ3v) is 6.64. The molecule has 0 unspecified atom stereocenters. The standard InChI is InChI=1S/C21H26N4O2/c1-24-11-10-23-19(24)13-25(18-12-21(18)6-8-22-9-7-21)20(26)16-14-27-17-5-3-2-4-15(16)17/h2-5,10-11,16,18,22H,6-9,12-14H2,1H3/t16-,18+/m1/s1. The van der Waals surface area contributed by atoms with E-state index in [-0.39, 0.29) is 11.8 Å². The van der Waals surface area contributed by atoms with Crippen LogP contribution in [0.25, 0.3) is 0 Å². The molecule has 5 rings (SSSR count).